The number of esters is 1. The summed E-state index contributed by atoms with van der Waals surface area (Å²) in [5, 5.41) is 2.10. The summed E-state index contributed by atoms with van der Waals surface area (Å²) in [5.74, 6) is 1.34. The summed E-state index contributed by atoms with van der Waals surface area (Å²) in [6, 6.07) is 18.9. The topological polar surface area (TPSA) is 60.6 Å². The van der Waals surface area contributed by atoms with Gasteiger partial charge in [-0.3, -0.25) is 0 Å². The van der Waals surface area contributed by atoms with Gasteiger partial charge in [0.05, 0.1) is 14.2 Å². The Morgan fingerprint density at radius 2 is 1.64 bits per heavy atom. The highest BCUT2D eigenvalue weighted by Gasteiger charge is 2.08. The number of benzene rings is 3. The first kappa shape index (κ1) is 17.7. The van der Waals surface area contributed by atoms with Crippen molar-refractivity contribution in [1.29, 1.82) is 0 Å². The number of aromatic amines is 1. The van der Waals surface area contributed by atoms with Crippen LogP contribution in [0, 0.1) is 0 Å². The Morgan fingerprint density at radius 3 is 2.46 bits per heavy atom. The Labute approximate surface area is 162 Å². The summed E-state index contributed by atoms with van der Waals surface area (Å²) in [7, 11) is 3.16. The summed E-state index contributed by atoms with van der Waals surface area (Å²) in [4.78, 5) is 15.6. The molecule has 0 spiro atoms. The van der Waals surface area contributed by atoms with Crippen LogP contribution in [0.25, 0.3) is 27.9 Å². The summed E-state index contributed by atoms with van der Waals surface area (Å²) < 4.78 is 16.0. The number of H-pyrrole nitrogens is 1. The summed E-state index contributed by atoms with van der Waals surface area (Å²) >= 11 is 0. The maximum atomic E-state index is 12.3. The summed E-state index contributed by atoms with van der Waals surface area (Å²) in [6.07, 6.45) is 3.02. The van der Waals surface area contributed by atoms with Gasteiger partial charge in [0, 0.05) is 33.4 Å². The monoisotopic (exact) mass is 373 g/mol. The van der Waals surface area contributed by atoms with Gasteiger partial charge in [-0.2, -0.15) is 0 Å². The van der Waals surface area contributed by atoms with Gasteiger partial charge >= 0.3 is 5.97 Å². The average Bonchev–Trinajstić information content (AvgIpc) is 3.10. The number of fused-ring (bicyclic) bond motifs is 3. The maximum Gasteiger partial charge on any atom is 0.336 e. The Hall–Kier alpha value is -3.73. The highest BCUT2D eigenvalue weighted by atomic mass is 16.5. The molecule has 28 heavy (non-hydrogen) atoms. The van der Waals surface area contributed by atoms with E-state index in [2.05, 4.69) is 4.98 Å². The number of para-hydroxylation sites is 1. The van der Waals surface area contributed by atoms with E-state index in [0.29, 0.717) is 17.2 Å². The fourth-order valence-corrected chi connectivity index (χ4v) is 3.17. The van der Waals surface area contributed by atoms with Crippen LogP contribution in [0.5, 0.6) is 17.2 Å². The first-order valence-electron chi connectivity index (χ1n) is 8.80. The number of aromatic nitrogens is 1. The average molecular weight is 373 g/mol. The minimum Gasteiger partial charge on any atom is -0.497 e. The zero-order valence-electron chi connectivity index (χ0n) is 15.6. The van der Waals surface area contributed by atoms with E-state index in [1.54, 1.807) is 44.6 Å². The Morgan fingerprint density at radius 1 is 0.857 bits per heavy atom. The maximum absolute atomic E-state index is 12.3. The van der Waals surface area contributed by atoms with E-state index in [-0.39, 0.29) is 0 Å². The van der Waals surface area contributed by atoms with E-state index < -0.39 is 5.97 Å². The van der Waals surface area contributed by atoms with Gasteiger partial charge in [0.25, 0.3) is 0 Å². The molecule has 0 amide bonds. The molecule has 0 aliphatic rings. The number of nitrogens with one attached hydrogen (secondary N) is 1. The zero-order valence-corrected chi connectivity index (χ0v) is 15.6. The van der Waals surface area contributed by atoms with Crippen molar-refractivity contribution >= 4 is 33.9 Å². The lowest BCUT2D eigenvalue weighted by atomic mass is 10.1. The lowest BCUT2D eigenvalue weighted by Crippen LogP contribution is -2.03. The molecule has 0 aliphatic carbocycles. The lowest BCUT2D eigenvalue weighted by molar-refractivity contribution is -0.128. The van der Waals surface area contributed by atoms with Gasteiger partial charge in [0.15, 0.2) is 0 Å². The standard InChI is InChI=1S/C23H19NO4/c1-26-16-9-11-22(27-2)15(13-16)7-12-23(25)28-17-8-10-21-19(14-17)18-5-3-4-6-20(18)24-21/h3-14,24H,1-2H3/b12-7+. The molecule has 1 aromatic heterocycles. The molecule has 4 rings (SSSR count). The van der Waals surface area contributed by atoms with E-state index >= 15 is 0 Å². The SMILES string of the molecule is COc1ccc(OC)c(/C=C/C(=O)Oc2ccc3[nH]c4ccccc4c3c2)c1. The fourth-order valence-electron chi connectivity index (χ4n) is 3.17. The Bertz CT molecular complexity index is 1190. The van der Waals surface area contributed by atoms with Gasteiger partial charge < -0.3 is 19.2 Å². The Balaban J connectivity index is 1.57. The second kappa shape index (κ2) is 7.48. The van der Waals surface area contributed by atoms with Crippen molar-refractivity contribution in [2.24, 2.45) is 0 Å². The lowest BCUT2D eigenvalue weighted by Gasteiger charge is -2.07. The highest BCUT2D eigenvalue weighted by molar-refractivity contribution is 6.07. The largest absolute Gasteiger partial charge is 0.497 e. The highest BCUT2D eigenvalue weighted by Crippen LogP contribution is 2.29. The molecule has 0 aliphatic heterocycles. The molecule has 1 N–H and O–H groups in total. The third kappa shape index (κ3) is 3.42. The molecule has 0 saturated heterocycles. The van der Waals surface area contributed by atoms with Crippen LogP contribution in [0.1, 0.15) is 5.56 Å². The van der Waals surface area contributed by atoms with Crippen molar-refractivity contribution in [3.05, 3.63) is 72.3 Å². The van der Waals surface area contributed by atoms with Crippen LogP contribution < -0.4 is 14.2 Å². The molecule has 1 heterocycles. The van der Waals surface area contributed by atoms with E-state index in [9.17, 15) is 4.79 Å². The van der Waals surface area contributed by atoms with Gasteiger partial charge in [-0.1, -0.05) is 18.2 Å². The molecule has 3 aromatic carbocycles. The molecule has 4 aromatic rings. The predicted octanol–water partition coefficient (Wildman–Crippen LogP) is 4.96. The van der Waals surface area contributed by atoms with E-state index in [1.165, 1.54) is 6.08 Å². The van der Waals surface area contributed by atoms with Gasteiger partial charge in [-0.05, 0) is 48.5 Å². The minimum absolute atomic E-state index is 0.468. The van der Waals surface area contributed by atoms with Crippen LogP contribution in [0.15, 0.2) is 66.7 Å². The van der Waals surface area contributed by atoms with Crippen LogP contribution >= 0.6 is 0 Å². The molecule has 5 heteroatoms. The van der Waals surface area contributed by atoms with Crippen molar-refractivity contribution in [1.82, 2.24) is 4.98 Å². The van der Waals surface area contributed by atoms with Crippen molar-refractivity contribution in [2.75, 3.05) is 14.2 Å². The van der Waals surface area contributed by atoms with Crippen molar-refractivity contribution < 1.29 is 19.0 Å². The molecular formula is C23H19NO4. The predicted molar refractivity (Wildman–Crippen MR) is 110 cm³/mol. The number of carbonyl (C=O) groups excluding carboxylic acids is 1. The zero-order chi connectivity index (χ0) is 19.5. The molecule has 0 saturated carbocycles. The molecule has 0 fully saturated rings. The van der Waals surface area contributed by atoms with E-state index in [4.69, 9.17) is 14.2 Å². The molecular weight excluding hydrogens is 354 g/mol. The molecule has 140 valence electrons. The first-order chi connectivity index (χ1) is 13.7. The number of carbonyl (C=O) groups is 1. The summed E-state index contributed by atoms with van der Waals surface area (Å²) in [5.41, 5.74) is 2.77. The van der Waals surface area contributed by atoms with Crippen LogP contribution in [-0.2, 0) is 4.79 Å². The number of methoxy groups -OCH3 is 2. The van der Waals surface area contributed by atoms with Gasteiger partial charge in [-0.15, -0.1) is 0 Å². The van der Waals surface area contributed by atoms with Crippen LogP contribution in [-0.4, -0.2) is 25.2 Å². The van der Waals surface area contributed by atoms with E-state index in [0.717, 1.165) is 27.4 Å². The van der Waals surface area contributed by atoms with Crippen molar-refractivity contribution in [3.63, 3.8) is 0 Å². The smallest absolute Gasteiger partial charge is 0.336 e. The van der Waals surface area contributed by atoms with Crippen molar-refractivity contribution in [2.45, 2.75) is 0 Å². The summed E-state index contributed by atoms with van der Waals surface area (Å²) in [6.45, 7) is 0. The normalized spacial score (nSPS) is 11.2. The molecule has 5 nitrogen and oxygen atoms in total. The minimum atomic E-state index is -0.468. The van der Waals surface area contributed by atoms with Gasteiger partial charge in [0.2, 0.25) is 0 Å². The van der Waals surface area contributed by atoms with E-state index in [1.807, 2.05) is 36.4 Å². The third-order valence-corrected chi connectivity index (χ3v) is 4.53. The molecule has 0 radical (unpaired) electrons. The first-order valence-corrected chi connectivity index (χ1v) is 8.80. The Kier molecular flexibility index (Phi) is 4.72. The van der Waals surface area contributed by atoms with Gasteiger partial charge in [-0.25, -0.2) is 4.79 Å². The number of hydrogen-bond donors (Lipinski definition) is 1. The quantitative estimate of drug-likeness (QED) is 0.305. The fraction of sp³-hybridized carbons (Fsp3) is 0.0870. The molecule has 0 unspecified atom stereocenters. The molecule has 0 bridgehead atoms. The van der Waals surface area contributed by atoms with Crippen LogP contribution in [0.3, 0.4) is 0 Å². The van der Waals surface area contributed by atoms with Crippen LogP contribution in [0.4, 0.5) is 0 Å². The second-order valence-corrected chi connectivity index (χ2v) is 6.24. The third-order valence-electron chi connectivity index (χ3n) is 4.53. The number of hydrogen-bond acceptors (Lipinski definition) is 4. The number of ether oxygens (including phenoxy) is 3. The van der Waals surface area contributed by atoms with Gasteiger partial charge in [0.1, 0.15) is 17.2 Å². The number of rotatable bonds is 5. The second-order valence-electron chi connectivity index (χ2n) is 6.24. The molecule has 0 atom stereocenters. The van der Waals surface area contributed by atoms with Crippen LogP contribution in [0.2, 0.25) is 0 Å². The van der Waals surface area contributed by atoms with Crippen molar-refractivity contribution in [3.8, 4) is 17.2 Å².